The van der Waals surface area contributed by atoms with Crippen molar-refractivity contribution < 1.29 is 23.5 Å². The first-order chi connectivity index (χ1) is 18.2. The number of anilines is 2. The fourth-order valence-electron chi connectivity index (χ4n) is 3.83. The number of methoxy groups -OCH3 is 1. The summed E-state index contributed by atoms with van der Waals surface area (Å²) in [6.45, 7) is 3.85. The highest BCUT2D eigenvalue weighted by Crippen LogP contribution is 2.34. The van der Waals surface area contributed by atoms with Gasteiger partial charge in [0, 0.05) is 12.2 Å². The number of nitrogen functional groups attached to an aromatic ring is 1. The van der Waals surface area contributed by atoms with Crippen molar-refractivity contribution in [2.75, 3.05) is 17.7 Å². The summed E-state index contributed by atoms with van der Waals surface area (Å²) in [7, 11) is 1.58. The van der Waals surface area contributed by atoms with Crippen molar-refractivity contribution in [2.45, 2.75) is 26.4 Å². The molecule has 0 aliphatic carbocycles. The van der Waals surface area contributed by atoms with Gasteiger partial charge in [-0.2, -0.15) is 4.37 Å². The van der Waals surface area contributed by atoms with Crippen molar-refractivity contribution in [3.8, 4) is 5.75 Å². The van der Waals surface area contributed by atoms with Crippen LogP contribution in [0.25, 0.3) is 0 Å². The van der Waals surface area contributed by atoms with Gasteiger partial charge in [0.2, 0.25) is 0 Å². The van der Waals surface area contributed by atoms with Crippen LogP contribution < -0.4 is 26.4 Å². The molecule has 0 spiro atoms. The second kappa shape index (κ2) is 11.2. The van der Waals surface area contributed by atoms with Crippen LogP contribution in [0.4, 0.5) is 11.4 Å². The molecule has 2 aromatic carbocycles. The minimum Gasteiger partial charge on any atom is -0.497 e. The zero-order valence-corrected chi connectivity index (χ0v) is 21.9. The smallest absolute Gasteiger partial charge is 0.273 e. The molecule has 3 amide bonds. The number of hydrogen-bond donors (Lipinski definition) is 3. The first-order valence-corrected chi connectivity index (χ1v) is 12.4. The predicted octanol–water partition coefficient (Wildman–Crippen LogP) is 3.75. The molecule has 1 atom stereocenters. The molecule has 11 heteroatoms. The molecule has 0 saturated carbocycles. The van der Waals surface area contributed by atoms with Crippen LogP contribution in [0.1, 0.15) is 48.8 Å². The SMILES string of the molecule is COc1ccc(CNC(=O)C(c2ccc(C)o2)N(C(=O)c2snc(C(N)=O)c2N)c2ccc(C)cc2)cc1. The third-order valence-electron chi connectivity index (χ3n) is 5.85. The molecule has 0 radical (unpaired) electrons. The molecule has 2 aromatic heterocycles. The number of furan rings is 1. The zero-order valence-electron chi connectivity index (χ0n) is 21.1. The zero-order chi connectivity index (χ0) is 27.4. The first kappa shape index (κ1) is 26.4. The highest BCUT2D eigenvalue weighted by Gasteiger charge is 2.37. The minimum atomic E-state index is -1.20. The molecule has 0 aliphatic rings. The fourth-order valence-corrected chi connectivity index (χ4v) is 4.57. The summed E-state index contributed by atoms with van der Waals surface area (Å²) in [5, 5.41) is 2.90. The van der Waals surface area contributed by atoms with Gasteiger partial charge in [-0.25, -0.2) is 0 Å². The van der Waals surface area contributed by atoms with E-state index in [1.54, 1.807) is 50.4 Å². The van der Waals surface area contributed by atoms with E-state index in [1.807, 2.05) is 31.2 Å². The van der Waals surface area contributed by atoms with E-state index in [9.17, 15) is 14.4 Å². The van der Waals surface area contributed by atoms with Crippen molar-refractivity contribution in [2.24, 2.45) is 5.73 Å². The Hall–Kier alpha value is -4.64. The number of nitrogens with two attached hydrogens (primary N) is 2. The largest absolute Gasteiger partial charge is 0.497 e. The molecule has 196 valence electrons. The molecule has 1 unspecified atom stereocenters. The number of hydrogen-bond acceptors (Lipinski definition) is 8. The van der Waals surface area contributed by atoms with Gasteiger partial charge in [0.05, 0.1) is 12.8 Å². The van der Waals surface area contributed by atoms with Gasteiger partial charge in [-0.15, -0.1) is 0 Å². The van der Waals surface area contributed by atoms with Gasteiger partial charge in [0.1, 0.15) is 22.1 Å². The molecular formula is C27H27N5O5S. The number of rotatable bonds is 9. The third kappa shape index (κ3) is 5.52. The van der Waals surface area contributed by atoms with Crippen molar-refractivity contribution in [3.05, 3.63) is 93.9 Å². The van der Waals surface area contributed by atoms with Gasteiger partial charge >= 0.3 is 0 Å². The van der Waals surface area contributed by atoms with E-state index < -0.39 is 23.8 Å². The summed E-state index contributed by atoms with van der Waals surface area (Å²) in [6, 6.07) is 16.5. The quantitative estimate of drug-likeness (QED) is 0.296. The Morgan fingerprint density at radius 2 is 1.74 bits per heavy atom. The molecule has 4 rings (SSSR count). The van der Waals surface area contributed by atoms with E-state index >= 15 is 0 Å². The summed E-state index contributed by atoms with van der Waals surface area (Å²) in [6.07, 6.45) is 0. The molecule has 2 heterocycles. The Balaban J connectivity index is 1.76. The standard InChI is InChI=1S/C27H27N5O5S/c1-15-4-9-18(10-5-15)32(27(35)24-21(28)22(25(29)33)31-38-24)23(20-13-6-16(2)37-20)26(34)30-14-17-7-11-19(36-3)12-8-17/h4-13,23H,14,28H2,1-3H3,(H2,29,33)(H,30,34). The Kier molecular flexibility index (Phi) is 7.77. The number of amides is 3. The maximum atomic E-state index is 14.0. The van der Waals surface area contributed by atoms with Crippen molar-refractivity contribution >= 4 is 40.6 Å². The molecule has 38 heavy (non-hydrogen) atoms. The number of carbonyl (C=O) groups is 3. The number of nitrogens with zero attached hydrogens (tertiary/aromatic N) is 2. The fraction of sp³-hybridized carbons (Fsp3) is 0.185. The Morgan fingerprint density at radius 3 is 2.29 bits per heavy atom. The van der Waals surface area contributed by atoms with Gasteiger partial charge < -0.3 is 25.9 Å². The van der Waals surface area contributed by atoms with E-state index in [4.69, 9.17) is 20.6 Å². The lowest BCUT2D eigenvalue weighted by atomic mass is 10.1. The van der Waals surface area contributed by atoms with Crippen LogP contribution in [0.2, 0.25) is 0 Å². The molecule has 4 aromatic rings. The van der Waals surface area contributed by atoms with E-state index in [2.05, 4.69) is 9.69 Å². The number of primary amides is 1. The summed E-state index contributed by atoms with van der Waals surface area (Å²) in [4.78, 5) is 40.7. The number of nitrogens with one attached hydrogen (secondary N) is 1. The number of aryl methyl sites for hydroxylation is 2. The minimum absolute atomic E-state index is 0.0180. The predicted molar refractivity (Wildman–Crippen MR) is 144 cm³/mol. The van der Waals surface area contributed by atoms with Crippen LogP contribution in [0.15, 0.2) is 65.1 Å². The maximum absolute atomic E-state index is 14.0. The topological polar surface area (TPSA) is 154 Å². The average molecular weight is 534 g/mol. The number of carbonyl (C=O) groups excluding carboxylic acids is 3. The average Bonchev–Trinajstić information content (AvgIpc) is 3.51. The van der Waals surface area contributed by atoms with E-state index in [-0.39, 0.29) is 28.6 Å². The molecule has 5 N–H and O–H groups in total. The van der Waals surface area contributed by atoms with Crippen LogP contribution in [-0.4, -0.2) is 29.2 Å². The number of ether oxygens (including phenoxy) is 1. The normalized spacial score (nSPS) is 11.6. The van der Waals surface area contributed by atoms with Crippen LogP contribution in [0.5, 0.6) is 5.75 Å². The lowest BCUT2D eigenvalue weighted by molar-refractivity contribution is -0.123. The number of aromatic nitrogens is 1. The molecule has 0 saturated heterocycles. The van der Waals surface area contributed by atoms with Gasteiger partial charge in [-0.3, -0.25) is 19.3 Å². The molecule has 0 fully saturated rings. The first-order valence-electron chi connectivity index (χ1n) is 11.6. The molecule has 10 nitrogen and oxygen atoms in total. The van der Waals surface area contributed by atoms with E-state index in [1.165, 1.54) is 4.90 Å². The third-order valence-corrected chi connectivity index (χ3v) is 6.70. The maximum Gasteiger partial charge on any atom is 0.273 e. The van der Waals surface area contributed by atoms with Crippen LogP contribution in [0, 0.1) is 13.8 Å². The lowest BCUT2D eigenvalue weighted by Gasteiger charge is -2.30. The van der Waals surface area contributed by atoms with Gasteiger partial charge in [0.15, 0.2) is 11.7 Å². The number of benzene rings is 2. The van der Waals surface area contributed by atoms with Crippen LogP contribution in [0.3, 0.4) is 0 Å². The van der Waals surface area contributed by atoms with Crippen molar-refractivity contribution in [1.82, 2.24) is 9.69 Å². The van der Waals surface area contributed by atoms with Gasteiger partial charge in [0.25, 0.3) is 17.7 Å². The highest BCUT2D eigenvalue weighted by molar-refractivity contribution is 7.09. The monoisotopic (exact) mass is 533 g/mol. The Labute approximate surface area is 223 Å². The van der Waals surface area contributed by atoms with Gasteiger partial charge in [-0.1, -0.05) is 29.8 Å². The van der Waals surface area contributed by atoms with Crippen LogP contribution >= 0.6 is 11.5 Å². The summed E-state index contributed by atoms with van der Waals surface area (Å²) < 4.78 is 15.0. The Bertz CT molecular complexity index is 1460. The molecule has 0 bridgehead atoms. The molecule has 0 aliphatic heterocycles. The summed E-state index contributed by atoms with van der Waals surface area (Å²) >= 11 is 0.741. The second-order valence-electron chi connectivity index (χ2n) is 8.57. The second-order valence-corrected chi connectivity index (χ2v) is 9.34. The van der Waals surface area contributed by atoms with Crippen molar-refractivity contribution in [3.63, 3.8) is 0 Å². The molecular weight excluding hydrogens is 506 g/mol. The summed E-state index contributed by atoms with van der Waals surface area (Å²) in [5.41, 5.74) is 13.3. The summed E-state index contributed by atoms with van der Waals surface area (Å²) in [5.74, 6) is -0.454. The van der Waals surface area contributed by atoms with Gasteiger partial charge in [-0.05, 0) is 67.3 Å². The van der Waals surface area contributed by atoms with Crippen molar-refractivity contribution in [1.29, 1.82) is 0 Å². The Morgan fingerprint density at radius 1 is 1.05 bits per heavy atom. The lowest BCUT2D eigenvalue weighted by Crippen LogP contribution is -2.43. The van der Waals surface area contributed by atoms with E-state index in [0.29, 0.717) is 17.2 Å². The van der Waals surface area contributed by atoms with E-state index in [0.717, 1.165) is 22.7 Å². The van der Waals surface area contributed by atoms with Crippen LogP contribution in [-0.2, 0) is 11.3 Å². The highest BCUT2D eigenvalue weighted by atomic mass is 32.1.